The predicted octanol–water partition coefficient (Wildman–Crippen LogP) is 6.38. The van der Waals surface area contributed by atoms with E-state index in [2.05, 4.69) is 38.3 Å². The van der Waals surface area contributed by atoms with Gasteiger partial charge in [-0.3, -0.25) is 9.59 Å². The third-order valence-electron chi connectivity index (χ3n) is 5.27. The van der Waals surface area contributed by atoms with Crippen LogP contribution in [0.2, 0.25) is 0 Å². The monoisotopic (exact) mass is 440 g/mol. The number of hydrogen-bond donors (Lipinski definition) is 0. The SMILES string of the molecule is C=C(C)C(=O)COc1ccc(-c2ccc(-c3ccc(OCC(=O)C(=C)C)cc3)c(C)c2)cc1. The van der Waals surface area contributed by atoms with Crippen LogP contribution in [0.5, 0.6) is 11.5 Å². The first-order valence-electron chi connectivity index (χ1n) is 10.7. The number of hydrogen-bond acceptors (Lipinski definition) is 4. The van der Waals surface area contributed by atoms with Crippen molar-refractivity contribution in [2.75, 3.05) is 13.2 Å². The van der Waals surface area contributed by atoms with Gasteiger partial charge in [0.25, 0.3) is 0 Å². The second kappa shape index (κ2) is 10.6. The number of benzene rings is 3. The van der Waals surface area contributed by atoms with E-state index in [1.807, 2.05) is 48.5 Å². The van der Waals surface area contributed by atoms with E-state index in [9.17, 15) is 9.59 Å². The van der Waals surface area contributed by atoms with Crippen LogP contribution in [0.4, 0.5) is 0 Å². The van der Waals surface area contributed by atoms with Gasteiger partial charge in [0.05, 0.1) is 0 Å². The van der Waals surface area contributed by atoms with Crippen molar-refractivity contribution in [3.05, 3.63) is 96.6 Å². The number of ketones is 2. The lowest BCUT2D eigenvalue weighted by Gasteiger charge is -2.11. The molecule has 0 radical (unpaired) electrons. The summed E-state index contributed by atoms with van der Waals surface area (Å²) in [6, 6.07) is 21.7. The molecule has 0 aliphatic heterocycles. The van der Waals surface area contributed by atoms with Gasteiger partial charge in [-0.2, -0.15) is 0 Å². The molecule has 0 aliphatic carbocycles. The highest BCUT2D eigenvalue weighted by Crippen LogP contribution is 2.30. The summed E-state index contributed by atoms with van der Waals surface area (Å²) in [5.41, 5.74) is 6.48. The van der Waals surface area contributed by atoms with Crippen LogP contribution in [0.15, 0.2) is 91.0 Å². The van der Waals surface area contributed by atoms with E-state index in [0.717, 1.165) is 27.8 Å². The molecule has 0 aromatic heterocycles. The molecular weight excluding hydrogens is 412 g/mol. The van der Waals surface area contributed by atoms with Crippen molar-refractivity contribution >= 4 is 11.6 Å². The average Bonchev–Trinajstić information content (AvgIpc) is 2.81. The highest BCUT2D eigenvalue weighted by Gasteiger charge is 2.08. The van der Waals surface area contributed by atoms with Gasteiger partial charge in [-0.15, -0.1) is 0 Å². The lowest BCUT2D eigenvalue weighted by atomic mass is 9.96. The molecule has 0 saturated heterocycles. The highest BCUT2D eigenvalue weighted by atomic mass is 16.5. The Bertz CT molecular complexity index is 1190. The normalized spacial score (nSPS) is 10.4. The smallest absolute Gasteiger partial charge is 0.195 e. The molecule has 0 amide bonds. The largest absolute Gasteiger partial charge is 0.485 e. The Balaban J connectivity index is 1.68. The van der Waals surface area contributed by atoms with Crippen molar-refractivity contribution in [2.24, 2.45) is 0 Å². The maximum absolute atomic E-state index is 11.7. The molecule has 4 heteroatoms. The molecule has 3 rings (SSSR count). The molecule has 168 valence electrons. The van der Waals surface area contributed by atoms with Crippen LogP contribution >= 0.6 is 0 Å². The minimum atomic E-state index is -0.106. The third-order valence-corrected chi connectivity index (χ3v) is 5.27. The molecule has 0 fully saturated rings. The van der Waals surface area contributed by atoms with Crippen molar-refractivity contribution in [3.8, 4) is 33.8 Å². The molecule has 0 N–H and O–H groups in total. The van der Waals surface area contributed by atoms with E-state index in [0.29, 0.717) is 22.6 Å². The molecule has 0 unspecified atom stereocenters. The number of Topliss-reactive ketones (excluding diaryl/α,β-unsaturated/α-hetero) is 2. The summed E-state index contributed by atoms with van der Waals surface area (Å²) in [6.07, 6.45) is 0. The highest BCUT2D eigenvalue weighted by molar-refractivity contribution is 5.95. The Hall–Kier alpha value is -3.92. The quantitative estimate of drug-likeness (QED) is 0.343. The van der Waals surface area contributed by atoms with E-state index in [1.54, 1.807) is 13.8 Å². The van der Waals surface area contributed by atoms with Crippen LogP contribution in [0.1, 0.15) is 19.4 Å². The van der Waals surface area contributed by atoms with E-state index < -0.39 is 0 Å². The lowest BCUT2D eigenvalue weighted by molar-refractivity contribution is -0.118. The molecule has 0 saturated carbocycles. The van der Waals surface area contributed by atoms with Crippen LogP contribution in [-0.2, 0) is 9.59 Å². The zero-order valence-electron chi connectivity index (χ0n) is 19.3. The molecule has 0 heterocycles. The Morgan fingerprint density at radius 1 is 0.667 bits per heavy atom. The molecule has 3 aromatic rings. The van der Waals surface area contributed by atoms with Gasteiger partial charge in [-0.05, 0) is 84.0 Å². The first-order chi connectivity index (χ1) is 15.7. The van der Waals surface area contributed by atoms with Gasteiger partial charge >= 0.3 is 0 Å². The summed E-state index contributed by atoms with van der Waals surface area (Å²) in [6.45, 7) is 12.7. The number of ether oxygens (including phenoxy) is 2. The van der Waals surface area contributed by atoms with Gasteiger partial charge in [0.15, 0.2) is 24.8 Å². The van der Waals surface area contributed by atoms with Gasteiger partial charge in [-0.25, -0.2) is 0 Å². The lowest BCUT2D eigenvalue weighted by Crippen LogP contribution is -2.11. The van der Waals surface area contributed by atoms with Gasteiger partial charge < -0.3 is 9.47 Å². The van der Waals surface area contributed by atoms with Crippen molar-refractivity contribution in [3.63, 3.8) is 0 Å². The minimum absolute atomic E-state index is 0.00345. The van der Waals surface area contributed by atoms with Crippen LogP contribution in [0.3, 0.4) is 0 Å². The van der Waals surface area contributed by atoms with Gasteiger partial charge in [0.2, 0.25) is 0 Å². The Kier molecular flexibility index (Phi) is 7.62. The molecule has 3 aromatic carbocycles. The maximum atomic E-state index is 11.7. The van der Waals surface area contributed by atoms with Gasteiger partial charge in [0, 0.05) is 0 Å². The fourth-order valence-corrected chi connectivity index (χ4v) is 3.19. The summed E-state index contributed by atoms with van der Waals surface area (Å²) in [4.78, 5) is 23.3. The molecule has 0 atom stereocenters. The standard InChI is InChI=1S/C29H28O4/c1-19(2)28(30)17-32-25-11-6-22(7-12-25)24-10-15-27(21(5)16-24)23-8-13-26(14-9-23)33-18-29(31)20(3)4/h6-16H,1,3,17-18H2,2,4-5H3. The van der Waals surface area contributed by atoms with E-state index in [4.69, 9.17) is 9.47 Å². The summed E-state index contributed by atoms with van der Waals surface area (Å²) < 4.78 is 11.1. The van der Waals surface area contributed by atoms with Crippen LogP contribution < -0.4 is 9.47 Å². The van der Waals surface area contributed by atoms with Crippen molar-refractivity contribution in [1.82, 2.24) is 0 Å². The van der Waals surface area contributed by atoms with E-state index in [1.165, 1.54) is 0 Å². The first kappa shape index (κ1) is 23.7. The van der Waals surface area contributed by atoms with Crippen molar-refractivity contribution in [1.29, 1.82) is 0 Å². The topological polar surface area (TPSA) is 52.6 Å². The fraction of sp³-hybridized carbons (Fsp3) is 0.172. The van der Waals surface area contributed by atoms with Gasteiger partial charge in [-0.1, -0.05) is 55.6 Å². The second-order valence-electron chi connectivity index (χ2n) is 8.06. The second-order valence-corrected chi connectivity index (χ2v) is 8.06. The summed E-state index contributed by atoms with van der Waals surface area (Å²) in [5, 5.41) is 0. The van der Waals surface area contributed by atoms with Crippen LogP contribution in [0, 0.1) is 6.92 Å². The average molecular weight is 441 g/mol. The molecular formula is C29H28O4. The molecule has 33 heavy (non-hydrogen) atoms. The molecule has 0 aliphatic rings. The summed E-state index contributed by atoms with van der Waals surface area (Å²) in [7, 11) is 0. The van der Waals surface area contributed by atoms with Crippen LogP contribution in [0.25, 0.3) is 22.3 Å². The Morgan fingerprint density at radius 3 is 1.52 bits per heavy atom. The number of aryl methyl sites for hydroxylation is 1. The summed E-state index contributed by atoms with van der Waals surface area (Å²) >= 11 is 0. The Labute approximate surface area is 195 Å². The maximum Gasteiger partial charge on any atom is 0.195 e. The van der Waals surface area contributed by atoms with E-state index >= 15 is 0 Å². The zero-order chi connectivity index (χ0) is 24.0. The fourth-order valence-electron chi connectivity index (χ4n) is 3.19. The van der Waals surface area contributed by atoms with Crippen molar-refractivity contribution < 1.29 is 19.1 Å². The number of carbonyl (C=O) groups excluding carboxylic acids is 2. The molecule has 4 nitrogen and oxygen atoms in total. The summed E-state index contributed by atoms with van der Waals surface area (Å²) in [5.74, 6) is 1.08. The Morgan fingerprint density at radius 2 is 1.09 bits per heavy atom. The van der Waals surface area contributed by atoms with Crippen LogP contribution in [-0.4, -0.2) is 24.8 Å². The first-order valence-corrected chi connectivity index (χ1v) is 10.7. The van der Waals surface area contributed by atoms with Gasteiger partial charge in [0.1, 0.15) is 11.5 Å². The number of rotatable bonds is 10. The predicted molar refractivity (Wildman–Crippen MR) is 133 cm³/mol. The number of carbonyl (C=O) groups is 2. The molecule has 0 spiro atoms. The zero-order valence-corrected chi connectivity index (χ0v) is 19.3. The molecule has 0 bridgehead atoms. The minimum Gasteiger partial charge on any atom is -0.485 e. The van der Waals surface area contributed by atoms with E-state index in [-0.39, 0.29) is 24.8 Å². The third kappa shape index (κ3) is 6.30. The van der Waals surface area contributed by atoms with Crippen molar-refractivity contribution in [2.45, 2.75) is 20.8 Å².